The molecule has 5 rings (SSSR count). The number of nitrogens with zero attached hydrogens (tertiary/aromatic N) is 4. The summed E-state index contributed by atoms with van der Waals surface area (Å²) in [4.78, 5) is 35.6. The highest BCUT2D eigenvalue weighted by molar-refractivity contribution is 6.47. The van der Waals surface area contributed by atoms with Crippen LogP contribution in [0.25, 0.3) is 16.6 Å². The molecule has 0 spiro atoms. The fourth-order valence-corrected chi connectivity index (χ4v) is 5.14. The topological polar surface area (TPSA) is 109 Å². The van der Waals surface area contributed by atoms with E-state index in [1.807, 2.05) is 7.05 Å². The molecule has 44 heavy (non-hydrogen) atoms. The van der Waals surface area contributed by atoms with Crippen molar-refractivity contribution >= 4 is 35.4 Å². The number of piperazine rings is 1. The van der Waals surface area contributed by atoms with E-state index in [2.05, 4.69) is 24.8 Å². The summed E-state index contributed by atoms with van der Waals surface area (Å²) in [7, 11) is 2.18. The number of aromatic nitrogens is 2. The van der Waals surface area contributed by atoms with Crippen LogP contribution in [-0.4, -0.2) is 94.2 Å². The molecule has 3 aromatic rings. The smallest absolute Gasteiger partial charge is 0.427 e. The van der Waals surface area contributed by atoms with Crippen molar-refractivity contribution in [2.75, 3.05) is 38.5 Å². The standard InChI is InChI=1S/C30H37BF3N5O5/c1-27(2,42)28(3,4)44-31-19-6-8-21-22(16-19)35-18-39(25(21)40)20-7-9-24(43-30(32,33)34)23(17-20)36-26(41)29(10-11-29)38-14-12-37(5)13-15-38/h6-9,16-18,31,42H,10-15H2,1-5H3,(H,36,41). The van der Waals surface area contributed by atoms with Gasteiger partial charge >= 0.3 is 13.8 Å². The molecule has 2 aliphatic rings. The van der Waals surface area contributed by atoms with Crippen molar-refractivity contribution in [3.63, 3.8) is 0 Å². The number of carbonyl (C=O) groups excluding carboxylic acids is 1. The minimum absolute atomic E-state index is 0.178. The number of nitrogens with one attached hydrogen (secondary N) is 1. The van der Waals surface area contributed by atoms with Gasteiger partial charge in [-0.25, -0.2) is 4.98 Å². The molecule has 0 bridgehead atoms. The van der Waals surface area contributed by atoms with E-state index in [0.29, 0.717) is 31.4 Å². The van der Waals surface area contributed by atoms with Crippen LogP contribution in [0.2, 0.25) is 0 Å². The Morgan fingerprint density at radius 3 is 2.34 bits per heavy atom. The number of likely N-dealkylation sites (N-methyl/N-ethyl adjacent to an activating group) is 1. The minimum atomic E-state index is -4.99. The van der Waals surface area contributed by atoms with Gasteiger partial charge in [0, 0.05) is 26.2 Å². The molecular weight excluding hydrogens is 578 g/mol. The molecule has 1 aromatic heterocycles. The molecule has 14 heteroatoms. The maximum atomic E-state index is 13.5. The van der Waals surface area contributed by atoms with Crippen LogP contribution in [0.1, 0.15) is 40.5 Å². The predicted octanol–water partition coefficient (Wildman–Crippen LogP) is 2.55. The van der Waals surface area contributed by atoms with E-state index < -0.39 is 40.3 Å². The summed E-state index contributed by atoms with van der Waals surface area (Å²) in [6.07, 6.45) is -2.49. The lowest BCUT2D eigenvalue weighted by atomic mass is 9.82. The highest BCUT2D eigenvalue weighted by Gasteiger charge is 2.55. The quantitative estimate of drug-likeness (QED) is 0.354. The van der Waals surface area contributed by atoms with Gasteiger partial charge in [0.1, 0.15) is 11.9 Å². The van der Waals surface area contributed by atoms with Crippen molar-refractivity contribution in [3.05, 3.63) is 53.1 Å². The molecule has 0 atom stereocenters. The summed E-state index contributed by atoms with van der Waals surface area (Å²) in [6.45, 7) is 9.82. The third-order valence-corrected chi connectivity index (χ3v) is 8.87. The molecule has 236 valence electrons. The van der Waals surface area contributed by atoms with Gasteiger partial charge in [-0.2, -0.15) is 0 Å². The molecule has 10 nitrogen and oxygen atoms in total. The number of rotatable bonds is 9. The lowest BCUT2D eigenvalue weighted by Crippen LogP contribution is -2.54. The zero-order valence-electron chi connectivity index (χ0n) is 25.5. The first-order valence-electron chi connectivity index (χ1n) is 14.5. The summed E-state index contributed by atoms with van der Waals surface area (Å²) < 4.78 is 51.2. The number of hydrogen-bond acceptors (Lipinski definition) is 8. The van der Waals surface area contributed by atoms with Gasteiger partial charge in [0.2, 0.25) is 5.91 Å². The molecule has 2 fully saturated rings. The highest BCUT2D eigenvalue weighted by atomic mass is 19.4. The van der Waals surface area contributed by atoms with Crippen LogP contribution in [0.5, 0.6) is 5.75 Å². The van der Waals surface area contributed by atoms with Gasteiger partial charge in [-0.1, -0.05) is 11.5 Å². The second-order valence-corrected chi connectivity index (χ2v) is 12.6. The summed E-state index contributed by atoms with van der Waals surface area (Å²) in [5, 5.41) is 13.3. The predicted molar refractivity (Wildman–Crippen MR) is 162 cm³/mol. The van der Waals surface area contributed by atoms with E-state index in [9.17, 15) is 27.9 Å². The first kappa shape index (κ1) is 32.0. The Balaban J connectivity index is 1.43. The van der Waals surface area contributed by atoms with E-state index in [1.165, 1.54) is 23.0 Å². The van der Waals surface area contributed by atoms with Crippen LogP contribution in [0.15, 0.2) is 47.5 Å². The Morgan fingerprint density at radius 2 is 1.73 bits per heavy atom. The molecular formula is C30H37BF3N5O5. The van der Waals surface area contributed by atoms with Crippen molar-refractivity contribution in [1.82, 2.24) is 19.4 Å². The van der Waals surface area contributed by atoms with Gasteiger partial charge < -0.3 is 24.7 Å². The summed E-state index contributed by atoms with van der Waals surface area (Å²) in [5.74, 6) is -0.984. The van der Waals surface area contributed by atoms with Crippen LogP contribution >= 0.6 is 0 Å². The number of ether oxygens (including phenoxy) is 1. The maximum absolute atomic E-state index is 13.5. The zero-order chi connectivity index (χ0) is 32.1. The average molecular weight is 615 g/mol. The highest BCUT2D eigenvalue weighted by Crippen LogP contribution is 2.44. The van der Waals surface area contributed by atoms with Crippen LogP contribution in [0.3, 0.4) is 0 Å². The Bertz CT molecular complexity index is 1610. The number of hydrogen-bond donors (Lipinski definition) is 2. The number of benzene rings is 2. The molecule has 1 saturated carbocycles. The van der Waals surface area contributed by atoms with Crippen LogP contribution in [0, 0.1) is 0 Å². The van der Waals surface area contributed by atoms with Crippen molar-refractivity contribution in [2.45, 2.75) is 63.6 Å². The summed E-state index contributed by atoms with van der Waals surface area (Å²) in [6, 6.07) is 8.70. The number of halogens is 3. The fraction of sp³-hybridized carbons (Fsp3) is 0.500. The molecule has 2 heterocycles. The van der Waals surface area contributed by atoms with Crippen molar-refractivity contribution in [2.24, 2.45) is 0 Å². The average Bonchev–Trinajstić information content (AvgIpc) is 3.74. The van der Waals surface area contributed by atoms with Gasteiger partial charge in [0.25, 0.3) is 5.56 Å². The fourth-order valence-electron chi connectivity index (χ4n) is 5.14. The van der Waals surface area contributed by atoms with Gasteiger partial charge in [0.05, 0.1) is 33.5 Å². The van der Waals surface area contributed by atoms with E-state index in [-0.39, 0.29) is 24.2 Å². The largest absolute Gasteiger partial charge is 0.573 e. The van der Waals surface area contributed by atoms with Crippen LogP contribution in [-0.2, 0) is 9.45 Å². The summed E-state index contributed by atoms with van der Waals surface area (Å²) >= 11 is 0. The Labute approximate surface area is 254 Å². The number of amides is 1. The minimum Gasteiger partial charge on any atom is -0.427 e. The molecule has 1 aliphatic heterocycles. The van der Waals surface area contributed by atoms with Crippen LogP contribution < -0.4 is 21.1 Å². The molecule has 1 saturated heterocycles. The molecule has 0 unspecified atom stereocenters. The lowest BCUT2D eigenvalue weighted by Gasteiger charge is -2.37. The molecule has 2 aromatic carbocycles. The zero-order valence-corrected chi connectivity index (χ0v) is 25.5. The Morgan fingerprint density at radius 1 is 1.05 bits per heavy atom. The lowest BCUT2D eigenvalue weighted by molar-refractivity contribution is -0.274. The number of anilines is 1. The van der Waals surface area contributed by atoms with E-state index >= 15 is 0 Å². The Kier molecular flexibility index (Phi) is 8.34. The third-order valence-electron chi connectivity index (χ3n) is 8.87. The van der Waals surface area contributed by atoms with Crippen molar-refractivity contribution in [3.8, 4) is 11.4 Å². The summed E-state index contributed by atoms with van der Waals surface area (Å²) in [5.41, 5.74) is -1.99. The SMILES string of the molecule is CN1CCN(C2(C(=O)Nc3cc(-n4cnc5cc(BOC(C)(C)C(C)(C)O)ccc5c4=O)ccc3OC(F)(F)F)CC2)CC1. The second-order valence-electron chi connectivity index (χ2n) is 12.6. The number of alkyl halides is 3. The number of fused-ring (bicyclic) bond motifs is 1. The molecule has 1 aliphatic carbocycles. The van der Waals surface area contributed by atoms with Crippen LogP contribution in [0.4, 0.5) is 18.9 Å². The normalized spacial score (nSPS) is 17.8. The molecule has 1 amide bonds. The number of carbonyl (C=O) groups is 1. The van der Waals surface area contributed by atoms with Gasteiger partial charge in [-0.05, 0) is 77.9 Å². The molecule has 0 radical (unpaired) electrons. The maximum Gasteiger partial charge on any atom is 0.573 e. The third kappa shape index (κ3) is 6.63. The first-order valence-corrected chi connectivity index (χ1v) is 14.5. The van der Waals surface area contributed by atoms with E-state index in [4.69, 9.17) is 4.65 Å². The monoisotopic (exact) mass is 615 g/mol. The van der Waals surface area contributed by atoms with Gasteiger partial charge in [-0.3, -0.25) is 19.1 Å². The Hall–Kier alpha value is -3.46. The van der Waals surface area contributed by atoms with E-state index in [0.717, 1.165) is 24.6 Å². The first-order chi connectivity index (χ1) is 20.5. The van der Waals surface area contributed by atoms with Gasteiger partial charge in [0.15, 0.2) is 5.75 Å². The van der Waals surface area contributed by atoms with Gasteiger partial charge in [-0.15, -0.1) is 13.2 Å². The number of aliphatic hydroxyl groups is 1. The van der Waals surface area contributed by atoms with Crippen molar-refractivity contribution in [1.29, 1.82) is 0 Å². The second kappa shape index (κ2) is 11.5. The van der Waals surface area contributed by atoms with E-state index in [1.54, 1.807) is 45.9 Å². The van der Waals surface area contributed by atoms with Crippen molar-refractivity contribution < 1.29 is 32.5 Å². The molecule has 2 N–H and O–H groups in total.